The van der Waals surface area contributed by atoms with Crippen LogP contribution >= 0.6 is 0 Å². The number of fused-ring (bicyclic) bond motifs is 2. The number of phenolic OH excluding ortho intramolecular Hbond substituents is 1. The fraction of sp³-hybridized carbons (Fsp3) is 0.0476. The predicted molar refractivity (Wildman–Crippen MR) is 103 cm³/mol. The Bertz CT molecular complexity index is 1070. The molecule has 2 N–H and O–H groups in total. The standard InChI is InChI=1S/C21H16N2O4/c24-18-12-16-6-2-1-5-15(16)11-17(18)21(25)23-22-9-3-4-14-7-8-19-20(10-14)27-13-26-19/h1-12,24H,13H2,(H,23,25)/b4-3+,22-9+. The number of hydrazone groups is 1. The number of aromatic hydroxyl groups is 1. The molecule has 0 unspecified atom stereocenters. The van der Waals surface area contributed by atoms with E-state index in [2.05, 4.69) is 10.5 Å². The smallest absolute Gasteiger partial charge is 0.275 e. The highest BCUT2D eigenvalue weighted by Crippen LogP contribution is 2.32. The molecule has 0 saturated heterocycles. The van der Waals surface area contributed by atoms with Crippen LogP contribution in [0.25, 0.3) is 16.8 Å². The van der Waals surface area contributed by atoms with Crippen molar-refractivity contribution in [3.8, 4) is 17.2 Å². The first-order valence-corrected chi connectivity index (χ1v) is 8.32. The van der Waals surface area contributed by atoms with Crippen LogP contribution in [0.3, 0.4) is 0 Å². The van der Waals surface area contributed by atoms with Crippen molar-refractivity contribution in [3.05, 3.63) is 71.8 Å². The van der Waals surface area contributed by atoms with Crippen LogP contribution < -0.4 is 14.9 Å². The average molecular weight is 360 g/mol. The van der Waals surface area contributed by atoms with Gasteiger partial charge >= 0.3 is 0 Å². The summed E-state index contributed by atoms with van der Waals surface area (Å²) in [6.45, 7) is 0.234. The third-order valence-corrected chi connectivity index (χ3v) is 4.12. The first kappa shape index (κ1) is 16.7. The van der Waals surface area contributed by atoms with Crippen molar-refractivity contribution in [1.29, 1.82) is 0 Å². The van der Waals surface area contributed by atoms with Gasteiger partial charge in [-0.2, -0.15) is 5.10 Å². The third-order valence-electron chi connectivity index (χ3n) is 4.12. The van der Waals surface area contributed by atoms with Gasteiger partial charge in [0.25, 0.3) is 5.91 Å². The molecule has 3 aromatic carbocycles. The van der Waals surface area contributed by atoms with Gasteiger partial charge in [-0.05, 0) is 46.7 Å². The third kappa shape index (κ3) is 3.59. The van der Waals surface area contributed by atoms with Crippen molar-refractivity contribution in [3.63, 3.8) is 0 Å². The number of amides is 1. The lowest BCUT2D eigenvalue weighted by Gasteiger charge is -2.05. The highest BCUT2D eigenvalue weighted by atomic mass is 16.7. The summed E-state index contributed by atoms with van der Waals surface area (Å²) < 4.78 is 10.6. The molecule has 4 rings (SSSR count). The first-order valence-electron chi connectivity index (χ1n) is 8.32. The van der Waals surface area contributed by atoms with E-state index in [9.17, 15) is 9.90 Å². The van der Waals surface area contributed by atoms with Crippen LogP contribution in [0, 0.1) is 0 Å². The Hall–Kier alpha value is -3.80. The monoisotopic (exact) mass is 360 g/mol. The Morgan fingerprint density at radius 2 is 1.81 bits per heavy atom. The van der Waals surface area contributed by atoms with Gasteiger partial charge < -0.3 is 14.6 Å². The molecule has 0 saturated carbocycles. The number of carbonyl (C=O) groups excluding carboxylic acids is 1. The number of hydrogen-bond acceptors (Lipinski definition) is 5. The minimum atomic E-state index is -0.481. The van der Waals surface area contributed by atoms with Crippen molar-refractivity contribution in [2.24, 2.45) is 5.10 Å². The molecule has 0 aliphatic carbocycles. The maximum Gasteiger partial charge on any atom is 0.275 e. The summed E-state index contributed by atoms with van der Waals surface area (Å²) in [6, 6.07) is 16.3. The van der Waals surface area contributed by atoms with Crippen LogP contribution in [0.5, 0.6) is 17.2 Å². The molecule has 6 heteroatoms. The molecule has 0 fully saturated rings. The number of allylic oxidation sites excluding steroid dienone is 1. The molecule has 0 radical (unpaired) electrons. The maximum atomic E-state index is 12.2. The van der Waals surface area contributed by atoms with E-state index >= 15 is 0 Å². The molecule has 134 valence electrons. The summed E-state index contributed by atoms with van der Waals surface area (Å²) in [6.07, 6.45) is 4.98. The number of benzene rings is 3. The second kappa shape index (κ2) is 7.21. The number of ether oxygens (including phenoxy) is 2. The van der Waals surface area contributed by atoms with Crippen molar-refractivity contribution in [1.82, 2.24) is 5.43 Å². The molecule has 0 spiro atoms. The van der Waals surface area contributed by atoms with Gasteiger partial charge in [-0.3, -0.25) is 4.79 Å². The fourth-order valence-corrected chi connectivity index (χ4v) is 2.78. The van der Waals surface area contributed by atoms with Crippen LogP contribution in [-0.4, -0.2) is 24.0 Å². The number of carbonyl (C=O) groups is 1. The topological polar surface area (TPSA) is 80.2 Å². The van der Waals surface area contributed by atoms with Crippen LogP contribution in [0.15, 0.2) is 65.8 Å². The maximum absolute atomic E-state index is 12.2. The number of phenols is 1. The second-order valence-electron chi connectivity index (χ2n) is 5.91. The normalized spacial score (nSPS) is 12.9. The zero-order valence-corrected chi connectivity index (χ0v) is 14.3. The highest BCUT2D eigenvalue weighted by Gasteiger charge is 2.12. The van der Waals surface area contributed by atoms with E-state index in [1.807, 2.05) is 48.5 Å². The van der Waals surface area contributed by atoms with Gasteiger partial charge in [-0.25, -0.2) is 5.43 Å². The van der Waals surface area contributed by atoms with Gasteiger partial charge in [0.05, 0.1) is 5.56 Å². The number of hydrogen-bond donors (Lipinski definition) is 2. The van der Waals surface area contributed by atoms with Crippen LogP contribution in [0.4, 0.5) is 0 Å². The molecule has 1 aliphatic rings. The van der Waals surface area contributed by atoms with Crippen molar-refractivity contribution < 1.29 is 19.4 Å². The minimum absolute atomic E-state index is 0.0858. The van der Waals surface area contributed by atoms with Crippen LogP contribution in [0.1, 0.15) is 15.9 Å². The predicted octanol–water partition coefficient (Wildman–Crippen LogP) is 3.70. The molecule has 3 aromatic rings. The zero-order valence-electron chi connectivity index (χ0n) is 14.3. The Kier molecular flexibility index (Phi) is 4.45. The molecule has 1 heterocycles. The van der Waals surface area contributed by atoms with Crippen molar-refractivity contribution in [2.75, 3.05) is 6.79 Å². The lowest BCUT2D eigenvalue weighted by molar-refractivity contribution is 0.0952. The zero-order chi connectivity index (χ0) is 18.6. The van der Waals surface area contributed by atoms with Gasteiger partial charge in [0.2, 0.25) is 6.79 Å². The van der Waals surface area contributed by atoms with E-state index in [0.717, 1.165) is 22.1 Å². The van der Waals surface area contributed by atoms with E-state index < -0.39 is 5.91 Å². The Morgan fingerprint density at radius 1 is 1.04 bits per heavy atom. The largest absolute Gasteiger partial charge is 0.507 e. The average Bonchev–Trinajstić information content (AvgIpc) is 3.15. The Morgan fingerprint density at radius 3 is 2.67 bits per heavy atom. The molecule has 1 amide bonds. The summed E-state index contributed by atoms with van der Waals surface area (Å²) in [7, 11) is 0. The quantitative estimate of drug-likeness (QED) is 0.549. The number of nitrogens with one attached hydrogen (secondary N) is 1. The van der Waals surface area contributed by atoms with Crippen molar-refractivity contribution in [2.45, 2.75) is 0 Å². The van der Waals surface area contributed by atoms with E-state index in [1.54, 1.807) is 18.2 Å². The van der Waals surface area contributed by atoms with Gasteiger partial charge in [-0.15, -0.1) is 0 Å². The Labute approximate surface area is 155 Å². The number of rotatable bonds is 4. The highest BCUT2D eigenvalue weighted by molar-refractivity contribution is 6.01. The molecule has 0 aromatic heterocycles. The van der Waals surface area contributed by atoms with Gasteiger partial charge in [0.1, 0.15) is 5.75 Å². The summed E-state index contributed by atoms with van der Waals surface area (Å²) in [5.41, 5.74) is 3.50. The first-order chi connectivity index (χ1) is 13.2. The van der Waals surface area contributed by atoms with E-state index in [1.165, 1.54) is 6.21 Å². The van der Waals surface area contributed by atoms with Crippen LogP contribution in [0.2, 0.25) is 0 Å². The van der Waals surface area contributed by atoms with Gasteiger partial charge in [0, 0.05) is 6.21 Å². The van der Waals surface area contributed by atoms with Gasteiger partial charge in [0.15, 0.2) is 11.5 Å². The summed E-state index contributed by atoms with van der Waals surface area (Å²) in [4.78, 5) is 12.2. The van der Waals surface area contributed by atoms with E-state index in [-0.39, 0.29) is 18.1 Å². The molecular formula is C21H16N2O4. The summed E-state index contributed by atoms with van der Waals surface area (Å²) in [5.74, 6) is 0.862. The number of nitrogens with zero attached hydrogens (tertiary/aromatic N) is 1. The molecule has 1 aliphatic heterocycles. The summed E-state index contributed by atoms with van der Waals surface area (Å²) >= 11 is 0. The van der Waals surface area contributed by atoms with E-state index in [4.69, 9.17) is 9.47 Å². The SMILES string of the molecule is O=C(N/N=C/C=C/c1ccc2c(c1)OCO2)c1cc2ccccc2cc1O. The Balaban J connectivity index is 1.41. The molecule has 27 heavy (non-hydrogen) atoms. The van der Waals surface area contributed by atoms with Crippen LogP contribution in [-0.2, 0) is 0 Å². The summed E-state index contributed by atoms with van der Waals surface area (Å²) in [5, 5.41) is 15.7. The van der Waals surface area contributed by atoms with Crippen molar-refractivity contribution >= 4 is 29.0 Å². The van der Waals surface area contributed by atoms with E-state index in [0.29, 0.717) is 5.75 Å². The second-order valence-corrected chi connectivity index (χ2v) is 5.91. The molecule has 0 atom stereocenters. The molecular weight excluding hydrogens is 344 g/mol. The van der Waals surface area contributed by atoms with Gasteiger partial charge in [-0.1, -0.05) is 36.4 Å². The lowest BCUT2D eigenvalue weighted by Crippen LogP contribution is -2.17. The fourth-order valence-electron chi connectivity index (χ4n) is 2.78. The minimum Gasteiger partial charge on any atom is -0.507 e. The molecule has 0 bridgehead atoms. The molecule has 6 nitrogen and oxygen atoms in total. The lowest BCUT2D eigenvalue weighted by atomic mass is 10.1.